The zero-order valence-electron chi connectivity index (χ0n) is 9.64. The number of nitro benzene ring substituents is 1. The minimum Gasteiger partial charge on any atom is -0.371 e. The lowest BCUT2D eigenvalue weighted by molar-refractivity contribution is -0.384. The van der Waals surface area contributed by atoms with E-state index in [2.05, 4.69) is 26.2 Å². The monoisotopic (exact) mass is 325 g/mol. The van der Waals surface area contributed by atoms with Gasteiger partial charge in [0.2, 0.25) is 0 Å². The summed E-state index contributed by atoms with van der Waals surface area (Å²) in [6.45, 7) is 0.203. The number of nitrogens with one attached hydrogen (secondary N) is 1. The summed E-state index contributed by atoms with van der Waals surface area (Å²) in [7, 11) is 0. The summed E-state index contributed by atoms with van der Waals surface area (Å²) in [5.74, 6) is -0.661. The Morgan fingerprint density at radius 1 is 1.37 bits per heavy atom. The number of nitro groups is 1. The molecule has 19 heavy (non-hydrogen) atoms. The van der Waals surface area contributed by atoms with Crippen molar-refractivity contribution in [2.75, 3.05) is 5.32 Å². The van der Waals surface area contributed by atoms with E-state index in [0.29, 0.717) is 5.69 Å². The number of rotatable bonds is 4. The number of benzene rings is 1. The predicted octanol–water partition coefficient (Wildman–Crippen LogP) is 3.50. The zero-order chi connectivity index (χ0) is 13.8. The van der Waals surface area contributed by atoms with E-state index < -0.39 is 10.7 Å². The van der Waals surface area contributed by atoms with E-state index in [9.17, 15) is 14.5 Å². The summed E-state index contributed by atoms with van der Waals surface area (Å²) in [4.78, 5) is 14.3. The molecule has 0 amide bonds. The van der Waals surface area contributed by atoms with Crippen LogP contribution >= 0.6 is 15.9 Å². The Labute approximate surface area is 116 Å². The third-order valence-electron chi connectivity index (χ3n) is 2.42. The Kier molecular flexibility index (Phi) is 4.06. The molecule has 5 nitrogen and oxygen atoms in total. The zero-order valence-corrected chi connectivity index (χ0v) is 11.2. The standard InChI is InChI=1S/C12H9BrFN3O2/c13-8-4-5-9(15-6-8)7-16-12-10(14)2-1-3-11(12)17(18)19/h1-6,16H,7H2. The van der Waals surface area contributed by atoms with E-state index >= 15 is 0 Å². The molecular formula is C12H9BrFN3O2. The van der Waals surface area contributed by atoms with Gasteiger partial charge in [-0.3, -0.25) is 15.1 Å². The van der Waals surface area contributed by atoms with Crippen molar-refractivity contribution >= 4 is 27.3 Å². The minimum absolute atomic E-state index is 0.128. The first-order valence-electron chi connectivity index (χ1n) is 5.35. The first-order chi connectivity index (χ1) is 9.08. The Morgan fingerprint density at radius 3 is 2.79 bits per heavy atom. The third kappa shape index (κ3) is 3.25. The Balaban J connectivity index is 2.19. The lowest BCUT2D eigenvalue weighted by atomic mass is 10.2. The second-order valence-electron chi connectivity index (χ2n) is 3.71. The van der Waals surface area contributed by atoms with Crippen molar-refractivity contribution in [3.05, 3.63) is 62.6 Å². The van der Waals surface area contributed by atoms with Crippen LogP contribution < -0.4 is 5.32 Å². The molecule has 2 aromatic rings. The highest BCUT2D eigenvalue weighted by Gasteiger charge is 2.17. The largest absolute Gasteiger partial charge is 0.371 e. The normalized spacial score (nSPS) is 10.2. The molecule has 0 atom stereocenters. The molecule has 0 saturated carbocycles. The van der Waals surface area contributed by atoms with Crippen molar-refractivity contribution in [2.24, 2.45) is 0 Å². The van der Waals surface area contributed by atoms with Gasteiger partial charge in [0.15, 0.2) is 5.82 Å². The van der Waals surface area contributed by atoms with E-state index in [1.165, 1.54) is 18.2 Å². The van der Waals surface area contributed by atoms with E-state index in [1.807, 2.05) is 0 Å². The summed E-state index contributed by atoms with van der Waals surface area (Å²) < 4.78 is 14.4. The van der Waals surface area contributed by atoms with Crippen molar-refractivity contribution < 1.29 is 9.31 Å². The molecule has 0 aliphatic carbocycles. The Morgan fingerprint density at radius 2 is 2.16 bits per heavy atom. The molecule has 0 radical (unpaired) electrons. The van der Waals surface area contributed by atoms with Crippen molar-refractivity contribution in [3.63, 3.8) is 0 Å². The van der Waals surface area contributed by atoms with Crippen LogP contribution in [0.5, 0.6) is 0 Å². The molecule has 1 aromatic heterocycles. The molecule has 0 saturated heterocycles. The summed E-state index contributed by atoms with van der Waals surface area (Å²) in [5, 5.41) is 13.5. The lowest BCUT2D eigenvalue weighted by Gasteiger charge is -2.07. The number of halogens is 2. The molecular weight excluding hydrogens is 317 g/mol. The van der Waals surface area contributed by atoms with Crippen molar-refractivity contribution in [3.8, 4) is 0 Å². The number of para-hydroxylation sites is 1. The van der Waals surface area contributed by atoms with Gasteiger partial charge in [-0.1, -0.05) is 6.07 Å². The summed E-state index contributed by atoms with van der Waals surface area (Å²) in [6, 6.07) is 7.25. The predicted molar refractivity (Wildman–Crippen MR) is 72.3 cm³/mol. The van der Waals surface area contributed by atoms with E-state index in [1.54, 1.807) is 18.3 Å². The van der Waals surface area contributed by atoms with Crippen LogP contribution in [0.25, 0.3) is 0 Å². The van der Waals surface area contributed by atoms with Gasteiger partial charge in [0.05, 0.1) is 17.2 Å². The topological polar surface area (TPSA) is 68.1 Å². The van der Waals surface area contributed by atoms with Gasteiger partial charge in [-0.15, -0.1) is 0 Å². The molecule has 0 aliphatic heterocycles. The smallest absolute Gasteiger partial charge is 0.295 e. The third-order valence-corrected chi connectivity index (χ3v) is 2.89. The summed E-state index contributed by atoms with van der Waals surface area (Å²) in [5.41, 5.74) is 0.232. The van der Waals surface area contributed by atoms with Crippen molar-refractivity contribution in [1.82, 2.24) is 4.98 Å². The maximum Gasteiger partial charge on any atom is 0.295 e. The fraction of sp³-hybridized carbons (Fsp3) is 0.0833. The summed E-state index contributed by atoms with van der Waals surface area (Å²) >= 11 is 3.25. The van der Waals surface area contributed by atoms with Gasteiger partial charge < -0.3 is 5.32 Å². The van der Waals surface area contributed by atoms with Gasteiger partial charge in [0.1, 0.15) is 5.69 Å². The van der Waals surface area contributed by atoms with E-state index in [-0.39, 0.29) is 17.9 Å². The average molecular weight is 326 g/mol. The van der Waals surface area contributed by atoms with Gasteiger partial charge >= 0.3 is 0 Å². The number of hydrogen-bond donors (Lipinski definition) is 1. The van der Waals surface area contributed by atoms with E-state index in [4.69, 9.17) is 0 Å². The SMILES string of the molecule is O=[N+]([O-])c1cccc(F)c1NCc1ccc(Br)cn1. The van der Waals surface area contributed by atoms with Crippen LogP contribution in [0.3, 0.4) is 0 Å². The highest BCUT2D eigenvalue weighted by Crippen LogP contribution is 2.27. The van der Waals surface area contributed by atoms with Crippen LogP contribution in [0.15, 0.2) is 41.0 Å². The first-order valence-corrected chi connectivity index (χ1v) is 6.14. The van der Waals surface area contributed by atoms with Gasteiger partial charge in [-0.2, -0.15) is 0 Å². The van der Waals surface area contributed by atoms with Crippen LogP contribution in [-0.2, 0) is 6.54 Å². The molecule has 0 spiro atoms. The lowest BCUT2D eigenvalue weighted by Crippen LogP contribution is -2.05. The van der Waals surface area contributed by atoms with Crippen LogP contribution in [0.2, 0.25) is 0 Å². The molecule has 7 heteroatoms. The second-order valence-corrected chi connectivity index (χ2v) is 4.63. The second kappa shape index (κ2) is 5.75. The van der Waals surface area contributed by atoms with Crippen LogP contribution in [-0.4, -0.2) is 9.91 Å². The van der Waals surface area contributed by atoms with Crippen molar-refractivity contribution in [2.45, 2.75) is 6.54 Å². The Bertz CT molecular complexity index is 604. The molecule has 0 bridgehead atoms. The molecule has 0 unspecified atom stereocenters. The molecule has 1 N–H and O–H groups in total. The quantitative estimate of drug-likeness (QED) is 0.690. The van der Waals surface area contributed by atoms with Crippen LogP contribution in [0.4, 0.5) is 15.8 Å². The van der Waals surface area contributed by atoms with Gasteiger partial charge in [-0.05, 0) is 34.1 Å². The molecule has 2 rings (SSSR count). The molecule has 0 aliphatic rings. The minimum atomic E-state index is -0.661. The number of anilines is 1. The maximum atomic E-state index is 13.6. The van der Waals surface area contributed by atoms with E-state index in [0.717, 1.165) is 4.47 Å². The molecule has 1 aromatic carbocycles. The maximum absolute atomic E-state index is 13.6. The van der Waals surface area contributed by atoms with Crippen LogP contribution in [0, 0.1) is 15.9 Å². The number of pyridine rings is 1. The van der Waals surface area contributed by atoms with Crippen LogP contribution in [0.1, 0.15) is 5.69 Å². The molecule has 1 heterocycles. The van der Waals surface area contributed by atoms with Crippen molar-refractivity contribution in [1.29, 1.82) is 0 Å². The van der Waals surface area contributed by atoms with Gasteiger partial charge in [-0.25, -0.2) is 4.39 Å². The fourth-order valence-corrected chi connectivity index (χ4v) is 1.76. The average Bonchev–Trinajstić information content (AvgIpc) is 2.39. The molecule has 0 fully saturated rings. The number of aromatic nitrogens is 1. The number of nitrogens with zero attached hydrogens (tertiary/aromatic N) is 2. The Hall–Kier alpha value is -2.02. The highest BCUT2D eigenvalue weighted by molar-refractivity contribution is 9.10. The van der Waals surface area contributed by atoms with Gasteiger partial charge in [0, 0.05) is 16.7 Å². The first kappa shape index (κ1) is 13.4. The number of hydrogen-bond acceptors (Lipinski definition) is 4. The van der Waals surface area contributed by atoms with Gasteiger partial charge in [0.25, 0.3) is 5.69 Å². The fourth-order valence-electron chi connectivity index (χ4n) is 1.53. The highest BCUT2D eigenvalue weighted by atomic mass is 79.9. The molecule has 98 valence electrons. The summed E-state index contributed by atoms with van der Waals surface area (Å²) in [6.07, 6.45) is 1.60.